The summed E-state index contributed by atoms with van der Waals surface area (Å²) in [5, 5.41) is 4.32. The zero-order valence-electron chi connectivity index (χ0n) is 11.2. The maximum absolute atomic E-state index is 6.02. The van der Waals surface area contributed by atoms with E-state index in [-0.39, 0.29) is 0 Å². The van der Waals surface area contributed by atoms with Crippen LogP contribution in [0.2, 0.25) is 5.02 Å². The first-order chi connectivity index (χ1) is 9.20. The number of nitrogens with one attached hydrogen (secondary N) is 1. The van der Waals surface area contributed by atoms with Gasteiger partial charge in [-0.3, -0.25) is 0 Å². The topological polar surface area (TPSA) is 38.0 Å². The van der Waals surface area contributed by atoms with Crippen LogP contribution >= 0.6 is 27.5 Å². The molecular formula is C15H22BrClN2. The molecule has 1 aromatic rings. The molecule has 4 heteroatoms. The molecule has 19 heavy (non-hydrogen) atoms. The SMILES string of the molecule is NCC(Nc1ccc(Cl)c(Br)c1)C1CCCCCC1. The molecule has 2 rings (SSSR count). The number of hydrogen-bond acceptors (Lipinski definition) is 2. The molecular weight excluding hydrogens is 324 g/mol. The number of rotatable bonds is 4. The molecule has 3 N–H and O–H groups in total. The molecule has 0 radical (unpaired) electrons. The summed E-state index contributed by atoms with van der Waals surface area (Å²) < 4.78 is 0.927. The predicted octanol–water partition coefficient (Wildman–Crippen LogP) is 4.81. The highest BCUT2D eigenvalue weighted by molar-refractivity contribution is 9.10. The highest BCUT2D eigenvalue weighted by Gasteiger charge is 2.21. The van der Waals surface area contributed by atoms with Crippen LogP contribution in [0, 0.1) is 5.92 Å². The van der Waals surface area contributed by atoms with Crippen LogP contribution in [-0.4, -0.2) is 12.6 Å². The second-order valence-electron chi connectivity index (χ2n) is 5.37. The third kappa shape index (κ3) is 4.37. The van der Waals surface area contributed by atoms with Crippen LogP contribution in [0.1, 0.15) is 38.5 Å². The van der Waals surface area contributed by atoms with E-state index in [1.807, 2.05) is 18.2 Å². The fourth-order valence-electron chi connectivity index (χ4n) is 2.88. The largest absolute Gasteiger partial charge is 0.381 e. The second-order valence-corrected chi connectivity index (χ2v) is 6.63. The summed E-state index contributed by atoms with van der Waals surface area (Å²) in [4.78, 5) is 0. The fraction of sp³-hybridized carbons (Fsp3) is 0.600. The van der Waals surface area contributed by atoms with Crippen molar-refractivity contribution in [1.82, 2.24) is 0 Å². The van der Waals surface area contributed by atoms with Crippen LogP contribution in [0.25, 0.3) is 0 Å². The van der Waals surface area contributed by atoms with Gasteiger partial charge in [0.1, 0.15) is 0 Å². The van der Waals surface area contributed by atoms with Gasteiger partial charge in [-0.15, -0.1) is 0 Å². The van der Waals surface area contributed by atoms with E-state index in [4.69, 9.17) is 17.3 Å². The van der Waals surface area contributed by atoms with Gasteiger partial charge in [0.15, 0.2) is 0 Å². The van der Waals surface area contributed by atoms with E-state index in [9.17, 15) is 0 Å². The third-order valence-electron chi connectivity index (χ3n) is 3.99. The first kappa shape index (κ1) is 15.1. The lowest BCUT2D eigenvalue weighted by Gasteiger charge is -2.27. The molecule has 1 atom stereocenters. The molecule has 0 heterocycles. The fourth-order valence-corrected chi connectivity index (χ4v) is 3.38. The number of hydrogen-bond donors (Lipinski definition) is 2. The zero-order chi connectivity index (χ0) is 13.7. The summed E-state index contributed by atoms with van der Waals surface area (Å²) in [6.07, 6.45) is 8.02. The van der Waals surface area contributed by atoms with Crippen LogP contribution < -0.4 is 11.1 Å². The Morgan fingerprint density at radius 2 is 1.95 bits per heavy atom. The second kappa shape index (κ2) is 7.51. The summed E-state index contributed by atoms with van der Waals surface area (Å²) in [5.41, 5.74) is 7.06. The minimum Gasteiger partial charge on any atom is -0.381 e. The minimum atomic E-state index is 0.367. The molecule has 1 fully saturated rings. The van der Waals surface area contributed by atoms with Gasteiger partial charge in [-0.25, -0.2) is 0 Å². The molecule has 1 aliphatic rings. The molecule has 1 saturated carbocycles. The Labute approximate surface area is 129 Å². The molecule has 1 aliphatic carbocycles. The van der Waals surface area contributed by atoms with Crippen molar-refractivity contribution in [1.29, 1.82) is 0 Å². The molecule has 106 valence electrons. The Morgan fingerprint density at radius 3 is 2.53 bits per heavy atom. The summed E-state index contributed by atoms with van der Waals surface area (Å²) in [7, 11) is 0. The van der Waals surface area contributed by atoms with Crippen LogP contribution in [-0.2, 0) is 0 Å². The van der Waals surface area contributed by atoms with Gasteiger partial charge in [0.25, 0.3) is 0 Å². The first-order valence-electron chi connectivity index (χ1n) is 7.12. The van der Waals surface area contributed by atoms with Gasteiger partial charge in [-0.2, -0.15) is 0 Å². The van der Waals surface area contributed by atoms with E-state index < -0.39 is 0 Å². The Kier molecular flexibility index (Phi) is 5.99. The summed E-state index contributed by atoms with van der Waals surface area (Å²) >= 11 is 9.49. The smallest absolute Gasteiger partial charge is 0.0549 e. The van der Waals surface area contributed by atoms with E-state index in [2.05, 4.69) is 21.2 Å². The van der Waals surface area contributed by atoms with Crippen molar-refractivity contribution in [3.05, 3.63) is 27.7 Å². The maximum Gasteiger partial charge on any atom is 0.0549 e. The van der Waals surface area contributed by atoms with E-state index in [1.165, 1.54) is 38.5 Å². The van der Waals surface area contributed by atoms with Crippen molar-refractivity contribution in [3.63, 3.8) is 0 Å². The molecule has 0 amide bonds. The van der Waals surface area contributed by atoms with Gasteiger partial charge in [0, 0.05) is 22.7 Å². The zero-order valence-corrected chi connectivity index (χ0v) is 13.5. The molecule has 2 nitrogen and oxygen atoms in total. The Bertz CT molecular complexity index is 403. The van der Waals surface area contributed by atoms with Crippen LogP contribution in [0.5, 0.6) is 0 Å². The molecule has 0 spiro atoms. The lowest BCUT2D eigenvalue weighted by molar-refractivity contribution is 0.398. The molecule has 1 unspecified atom stereocenters. The van der Waals surface area contributed by atoms with Gasteiger partial charge in [0.05, 0.1) is 5.02 Å². The summed E-state index contributed by atoms with van der Waals surface area (Å²) in [6.45, 7) is 0.685. The number of benzene rings is 1. The molecule has 0 bridgehead atoms. The van der Waals surface area contributed by atoms with Crippen molar-refractivity contribution >= 4 is 33.2 Å². The van der Waals surface area contributed by atoms with Crippen molar-refractivity contribution in [2.75, 3.05) is 11.9 Å². The van der Waals surface area contributed by atoms with E-state index in [1.54, 1.807) is 0 Å². The Balaban J connectivity index is 2.02. The number of anilines is 1. The van der Waals surface area contributed by atoms with Crippen LogP contribution in [0.4, 0.5) is 5.69 Å². The van der Waals surface area contributed by atoms with E-state index >= 15 is 0 Å². The molecule has 1 aromatic carbocycles. The van der Waals surface area contributed by atoms with Gasteiger partial charge >= 0.3 is 0 Å². The normalized spacial score (nSPS) is 18.9. The van der Waals surface area contributed by atoms with Crippen molar-refractivity contribution in [2.24, 2.45) is 11.7 Å². The Hall–Kier alpha value is -0.250. The lowest BCUT2D eigenvalue weighted by atomic mass is 9.91. The average molecular weight is 346 g/mol. The van der Waals surface area contributed by atoms with Crippen molar-refractivity contribution in [2.45, 2.75) is 44.6 Å². The summed E-state index contributed by atoms with van der Waals surface area (Å²) in [6, 6.07) is 6.33. The van der Waals surface area contributed by atoms with E-state index in [0.29, 0.717) is 18.5 Å². The average Bonchev–Trinajstić information content (AvgIpc) is 2.69. The number of halogens is 2. The minimum absolute atomic E-state index is 0.367. The highest BCUT2D eigenvalue weighted by atomic mass is 79.9. The highest BCUT2D eigenvalue weighted by Crippen LogP contribution is 2.29. The van der Waals surface area contributed by atoms with Crippen molar-refractivity contribution in [3.8, 4) is 0 Å². The predicted molar refractivity (Wildman–Crippen MR) is 86.8 cm³/mol. The lowest BCUT2D eigenvalue weighted by Crippen LogP contribution is -2.36. The van der Waals surface area contributed by atoms with Crippen LogP contribution in [0.15, 0.2) is 22.7 Å². The van der Waals surface area contributed by atoms with Gasteiger partial charge < -0.3 is 11.1 Å². The van der Waals surface area contributed by atoms with Gasteiger partial charge in [0.2, 0.25) is 0 Å². The van der Waals surface area contributed by atoms with E-state index in [0.717, 1.165) is 15.2 Å². The Morgan fingerprint density at radius 1 is 1.26 bits per heavy atom. The van der Waals surface area contributed by atoms with Gasteiger partial charge in [-0.1, -0.05) is 37.3 Å². The van der Waals surface area contributed by atoms with Crippen LogP contribution in [0.3, 0.4) is 0 Å². The standard InChI is InChI=1S/C15H22BrClN2/c16-13-9-12(7-8-14(13)17)19-15(10-18)11-5-3-1-2-4-6-11/h7-9,11,15,19H,1-6,10,18H2. The number of nitrogens with two attached hydrogens (primary N) is 1. The van der Waals surface area contributed by atoms with Crippen molar-refractivity contribution < 1.29 is 0 Å². The third-order valence-corrected chi connectivity index (χ3v) is 5.21. The quantitative estimate of drug-likeness (QED) is 0.768. The first-order valence-corrected chi connectivity index (χ1v) is 8.29. The maximum atomic E-state index is 6.02. The molecule has 0 aromatic heterocycles. The molecule has 0 saturated heterocycles. The molecule has 0 aliphatic heterocycles. The van der Waals surface area contributed by atoms with Gasteiger partial charge in [-0.05, 0) is 52.9 Å². The summed E-state index contributed by atoms with van der Waals surface area (Å²) in [5.74, 6) is 0.696. The monoisotopic (exact) mass is 344 g/mol.